The molecule has 0 saturated carbocycles. The van der Waals surface area contributed by atoms with Gasteiger partial charge in [-0.3, -0.25) is 9.59 Å². The first-order valence-corrected chi connectivity index (χ1v) is 9.56. The highest BCUT2D eigenvalue weighted by Gasteiger charge is 2.20. The van der Waals surface area contributed by atoms with Crippen molar-refractivity contribution in [2.75, 3.05) is 46.9 Å². The molecule has 6 heteroatoms. The van der Waals surface area contributed by atoms with Crippen molar-refractivity contribution in [1.82, 2.24) is 15.1 Å². The first-order valence-electron chi connectivity index (χ1n) is 9.56. The minimum Gasteiger partial charge on any atom is -0.497 e. The second kappa shape index (κ2) is 9.37. The third-order valence-corrected chi connectivity index (χ3v) is 5.02. The van der Waals surface area contributed by atoms with Gasteiger partial charge in [-0.05, 0) is 55.4 Å². The maximum Gasteiger partial charge on any atom is 0.253 e. The number of hydrogen-bond acceptors (Lipinski definition) is 4. The van der Waals surface area contributed by atoms with E-state index in [-0.39, 0.29) is 11.8 Å². The van der Waals surface area contributed by atoms with Gasteiger partial charge in [0, 0.05) is 43.9 Å². The van der Waals surface area contributed by atoms with Gasteiger partial charge in [0.25, 0.3) is 11.8 Å². The van der Waals surface area contributed by atoms with Gasteiger partial charge in [0.15, 0.2) is 0 Å². The van der Waals surface area contributed by atoms with Crippen LogP contribution in [0.4, 0.5) is 0 Å². The summed E-state index contributed by atoms with van der Waals surface area (Å²) in [6.45, 7) is 3.79. The summed E-state index contributed by atoms with van der Waals surface area (Å²) < 4.78 is 5.21. The van der Waals surface area contributed by atoms with Crippen LogP contribution in [0.25, 0.3) is 0 Å². The predicted molar refractivity (Wildman–Crippen MR) is 109 cm³/mol. The molecule has 148 valence electrons. The fourth-order valence-corrected chi connectivity index (χ4v) is 3.21. The summed E-state index contributed by atoms with van der Waals surface area (Å²) in [7, 11) is 3.70. The van der Waals surface area contributed by atoms with Crippen molar-refractivity contribution in [3.8, 4) is 5.75 Å². The molecule has 2 aromatic rings. The highest BCUT2D eigenvalue weighted by Crippen LogP contribution is 2.13. The third kappa shape index (κ3) is 5.10. The van der Waals surface area contributed by atoms with Gasteiger partial charge in [-0.15, -0.1) is 0 Å². The fourth-order valence-electron chi connectivity index (χ4n) is 3.21. The molecule has 0 aromatic heterocycles. The molecule has 2 amide bonds. The molecule has 0 unspecified atom stereocenters. The van der Waals surface area contributed by atoms with E-state index >= 15 is 0 Å². The lowest BCUT2D eigenvalue weighted by Gasteiger charge is -2.32. The quantitative estimate of drug-likeness (QED) is 0.832. The fraction of sp³-hybridized carbons (Fsp3) is 0.364. The van der Waals surface area contributed by atoms with Crippen LogP contribution in [-0.2, 0) is 6.42 Å². The van der Waals surface area contributed by atoms with Crippen molar-refractivity contribution >= 4 is 11.8 Å². The average Bonchev–Trinajstić information content (AvgIpc) is 2.74. The van der Waals surface area contributed by atoms with E-state index in [1.807, 2.05) is 29.2 Å². The smallest absolute Gasteiger partial charge is 0.253 e. The molecular weight excluding hydrogens is 354 g/mol. The molecule has 0 bridgehead atoms. The Hall–Kier alpha value is -2.86. The van der Waals surface area contributed by atoms with Crippen LogP contribution in [0.15, 0.2) is 48.5 Å². The molecule has 0 radical (unpaired) electrons. The Labute approximate surface area is 166 Å². The van der Waals surface area contributed by atoms with Crippen LogP contribution in [-0.4, -0.2) is 68.5 Å². The highest BCUT2D eigenvalue weighted by atomic mass is 16.5. The molecule has 1 heterocycles. The zero-order valence-electron chi connectivity index (χ0n) is 16.5. The summed E-state index contributed by atoms with van der Waals surface area (Å²) >= 11 is 0. The molecule has 1 N–H and O–H groups in total. The van der Waals surface area contributed by atoms with Crippen LogP contribution in [0.2, 0.25) is 0 Å². The number of likely N-dealkylation sites (N-methyl/N-ethyl adjacent to an activating group) is 1. The minimum atomic E-state index is -0.138. The molecule has 1 aliphatic heterocycles. The highest BCUT2D eigenvalue weighted by molar-refractivity contribution is 5.97. The van der Waals surface area contributed by atoms with Crippen molar-refractivity contribution in [2.24, 2.45) is 0 Å². The molecule has 1 fully saturated rings. The summed E-state index contributed by atoms with van der Waals surface area (Å²) in [5, 5.41) is 2.92. The predicted octanol–water partition coefficient (Wildman–Crippen LogP) is 2.06. The molecule has 0 atom stereocenters. The normalized spacial score (nSPS) is 14.6. The van der Waals surface area contributed by atoms with E-state index in [1.54, 1.807) is 31.4 Å². The van der Waals surface area contributed by atoms with Crippen molar-refractivity contribution < 1.29 is 14.3 Å². The van der Waals surface area contributed by atoms with Gasteiger partial charge >= 0.3 is 0 Å². The molecule has 0 spiro atoms. The van der Waals surface area contributed by atoms with Gasteiger partial charge in [-0.1, -0.05) is 12.1 Å². The largest absolute Gasteiger partial charge is 0.497 e. The monoisotopic (exact) mass is 381 g/mol. The zero-order valence-corrected chi connectivity index (χ0v) is 16.5. The molecule has 0 aliphatic carbocycles. The molecule has 1 saturated heterocycles. The Morgan fingerprint density at radius 3 is 2.36 bits per heavy atom. The lowest BCUT2D eigenvalue weighted by atomic mass is 10.1. The van der Waals surface area contributed by atoms with Crippen LogP contribution in [0.1, 0.15) is 26.3 Å². The summed E-state index contributed by atoms with van der Waals surface area (Å²) in [4.78, 5) is 29.0. The number of piperazine rings is 1. The lowest BCUT2D eigenvalue weighted by molar-refractivity contribution is 0.0663. The van der Waals surface area contributed by atoms with E-state index in [0.29, 0.717) is 17.7 Å². The Balaban J connectivity index is 1.51. The van der Waals surface area contributed by atoms with Gasteiger partial charge in [0.2, 0.25) is 0 Å². The van der Waals surface area contributed by atoms with Crippen LogP contribution in [0, 0.1) is 0 Å². The van der Waals surface area contributed by atoms with E-state index in [0.717, 1.165) is 43.9 Å². The topological polar surface area (TPSA) is 61.9 Å². The van der Waals surface area contributed by atoms with Crippen molar-refractivity contribution in [1.29, 1.82) is 0 Å². The Kier molecular flexibility index (Phi) is 6.66. The molecule has 6 nitrogen and oxygen atoms in total. The van der Waals surface area contributed by atoms with Crippen molar-refractivity contribution in [3.05, 3.63) is 65.2 Å². The van der Waals surface area contributed by atoms with Gasteiger partial charge in [-0.2, -0.15) is 0 Å². The number of carbonyl (C=O) groups excluding carboxylic acids is 2. The molecule has 3 rings (SSSR count). The lowest BCUT2D eigenvalue weighted by Crippen LogP contribution is -2.47. The van der Waals surface area contributed by atoms with E-state index in [1.165, 1.54) is 0 Å². The number of amides is 2. The van der Waals surface area contributed by atoms with Gasteiger partial charge in [0.05, 0.1) is 7.11 Å². The third-order valence-electron chi connectivity index (χ3n) is 5.02. The van der Waals surface area contributed by atoms with Crippen LogP contribution >= 0.6 is 0 Å². The first-order chi connectivity index (χ1) is 13.6. The molecule has 28 heavy (non-hydrogen) atoms. The summed E-state index contributed by atoms with van der Waals surface area (Å²) in [6, 6.07) is 14.7. The van der Waals surface area contributed by atoms with Crippen molar-refractivity contribution in [2.45, 2.75) is 6.42 Å². The Morgan fingerprint density at radius 2 is 1.68 bits per heavy atom. The number of rotatable bonds is 6. The van der Waals surface area contributed by atoms with E-state index < -0.39 is 0 Å². The number of nitrogens with one attached hydrogen (secondary N) is 1. The maximum absolute atomic E-state index is 12.6. The van der Waals surface area contributed by atoms with Crippen LogP contribution < -0.4 is 10.1 Å². The first kappa shape index (κ1) is 19.9. The van der Waals surface area contributed by atoms with E-state index in [2.05, 4.69) is 17.3 Å². The molecular formula is C22H27N3O3. The number of nitrogens with zero attached hydrogens (tertiary/aromatic N) is 2. The second-order valence-corrected chi connectivity index (χ2v) is 7.03. The van der Waals surface area contributed by atoms with Crippen LogP contribution in [0.3, 0.4) is 0 Å². The zero-order chi connectivity index (χ0) is 19.9. The van der Waals surface area contributed by atoms with Gasteiger partial charge in [-0.25, -0.2) is 0 Å². The Morgan fingerprint density at radius 1 is 1.00 bits per heavy atom. The van der Waals surface area contributed by atoms with E-state index in [4.69, 9.17) is 4.74 Å². The van der Waals surface area contributed by atoms with Crippen LogP contribution in [0.5, 0.6) is 5.75 Å². The molecule has 2 aromatic carbocycles. The number of carbonyl (C=O) groups is 2. The molecule has 1 aliphatic rings. The summed E-state index contributed by atoms with van der Waals surface area (Å²) in [6.07, 6.45) is 0.725. The van der Waals surface area contributed by atoms with Gasteiger partial charge in [0.1, 0.15) is 5.75 Å². The second-order valence-electron chi connectivity index (χ2n) is 7.03. The standard InChI is InChI=1S/C22H27N3O3/c1-24-12-14-25(15-13-24)22(27)19-8-6-18(7-9-19)21(26)23-11-10-17-4-3-5-20(16-17)28-2/h3-9,16H,10-15H2,1-2H3,(H,23,26). The summed E-state index contributed by atoms with van der Waals surface area (Å²) in [5.74, 6) is 0.698. The minimum absolute atomic E-state index is 0.0260. The SMILES string of the molecule is COc1cccc(CCNC(=O)c2ccc(C(=O)N3CCN(C)CC3)cc2)c1. The number of hydrogen-bond donors (Lipinski definition) is 1. The van der Waals surface area contributed by atoms with Crippen molar-refractivity contribution in [3.63, 3.8) is 0 Å². The summed E-state index contributed by atoms with van der Waals surface area (Å²) in [5.41, 5.74) is 2.28. The average molecular weight is 381 g/mol. The number of methoxy groups -OCH3 is 1. The maximum atomic E-state index is 12.6. The van der Waals surface area contributed by atoms with E-state index in [9.17, 15) is 9.59 Å². The number of ether oxygens (including phenoxy) is 1. The van der Waals surface area contributed by atoms with Gasteiger partial charge < -0.3 is 19.9 Å². The Bertz CT molecular complexity index is 812. The number of benzene rings is 2.